The number of hydrogen-bond donors (Lipinski definition) is 0. The van der Waals surface area contributed by atoms with E-state index in [1.807, 2.05) is 45.0 Å². The number of halogens is 3. The van der Waals surface area contributed by atoms with Crippen LogP contribution in [0.5, 0.6) is 5.75 Å². The Bertz CT molecular complexity index is 1510. The molecule has 236 valence electrons. The molecule has 2 amide bonds. The highest BCUT2D eigenvalue weighted by atomic mass is 19.2. The number of ether oxygens (including phenoxy) is 2. The average Bonchev–Trinajstić information content (AvgIpc) is 3.40. The highest BCUT2D eigenvalue weighted by molar-refractivity contribution is 5.88. The van der Waals surface area contributed by atoms with Gasteiger partial charge in [0.2, 0.25) is 0 Å². The van der Waals surface area contributed by atoms with Crippen molar-refractivity contribution in [3.63, 3.8) is 0 Å². The van der Waals surface area contributed by atoms with Crippen LogP contribution in [0.1, 0.15) is 65.9 Å². The fraction of sp³-hybridized carbons (Fsp3) is 0.500. The Morgan fingerprint density at radius 2 is 1.48 bits per heavy atom. The lowest BCUT2D eigenvalue weighted by molar-refractivity contribution is -0.152. The summed E-state index contributed by atoms with van der Waals surface area (Å²) in [6, 6.07) is 9.46. The molecule has 12 heteroatoms. The Kier molecular flexibility index (Phi) is 8.15. The van der Waals surface area contributed by atoms with E-state index in [1.165, 1.54) is 9.58 Å². The Hall–Kier alpha value is -4.09. The maximum absolute atomic E-state index is 14.1. The Balaban J connectivity index is 1.36. The molecule has 5 rings (SSSR count). The number of nitrogens with zero attached hydrogens (tertiary/aromatic N) is 5. The van der Waals surface area contributed by atoms with Crippen LogP contribution < -0.4 is 4.74 Å². The summed E-state index contributed by atoms with van der Waals surface area (Å²) in [6.07, 6.45) is 2.04. The first kappa shape index (κ1) is 31.3. The minimum absolute atomic E-state index is 0.0379. The molecule has 2 aliphatic heterocycles. The van der Waals surface area contributed by atoms with E-state index in [0.29, 0.717) is 42.9 Å². The summed E-state index contributed by atoms with van der Waals surface area (Å²) in [4.78, 5) is 30.1. The van der Waals surface area contributed by atoms with Crippen LogP contribution in [0.15, 0.2) is 42.6 Å². The van der Waals surface area contributed by atoms with Crippen LogP contribution in [0.4, 0.5) is 18.0 Å². The molecular weight excluding hydrogens is 575 g/mol. The van der Waals surface area contributed by atoms with Gasteiger partial charge in [-0.3, -0.25) is 4.79 Å². The molecule has 2 aliphatic rings. The molecule has 2 aromatic carbocycles. The zero-order valence-electron chi connectivity index (χ0n) is 25.9. The minimum Gasteiger partial charge on any atom is -0.488 e. The van der Waals surface area contributed by atoms with Gasteiger partial charge in [0.1, 0.15) is 22.6 Å². The first-order chi connectivity index (χ1) is 20.5. The lowest BCUT2D eigenvalue weighted by Gasteiger charge is -2.50. The molecule has 3 heterocycles. The molecule has 1 aromatic heterocycles. The second-order valence-corrected chi connectivity index (χ2v) is 13.5. The van der Waals surface area contributed by atoms with Gasteiger partial charge in [0, 0.05) is 18.7 Å². The highest BCUT2D eigenvalue weighted by Crippen LogP contribution is 2.37. The minimum atomic E-state index is -1.50. The van der Waals surface area contributed by atoms with Crippen LogP contribution in [0.25, 0.3) is 11.3 Å². The van der Waals surface area contributed by atoms with E-state index in [0.717, 1.165) is 17.7 Å². The number of carbonyl (C=O) groups is 2. The van der Waals surface area contributed by atoms with Crippen LogP contribution in [0.3, 0.4) is 0 Å². The monoisotopic (exact) mass is 613 g/mol. The van der Waals surface area contributed by atoms with Crippen molar-refractivity contribution in [1.82, 2.24) is 24.8 Å². The van der Waals surface area contributed by atoms with Gasteiger partial charge in [0.25, 0.3) is 5.91 Å². The smallest absolute Gasteiger partial charge is 0.410 e. The summed E-state index contributed by atoms with van der Waals surface area (Å²) in [6.45, 7) is 11.9. The summed E-state index contributed by atoms with van der Waals surface area (Å²) in [5, 5.41) is 8.67. The molecule has 9 nitrogen and oxygen atoms in total. The van der Waals surface area contributed by atoms with E-state index >= 15 is 0 Å². The molecular formula is C32H38F3N5O4. The predicted octanol–water partition coefficient (Wildman–Crippen LogP) is 5.89. The maximum atomic E-state index is 14.1. The van der Waals surface area contributed by atoms with Gasteiger partial charge in [0.15, 0.2) is 23.0 Å². The first-order valence-electron chi connectivity index (χ1n) is 14.7. The molecule has 0 bridgehead atoms. The van der Waals surface area contributed by atoms with Crippen LogP contribution >= 0.6 is 0 Å². The molecule has 0 aliphatic carbocycles. The molecule has 3 aromatic rings. The van der Waals surface area contributed by atoms with E-state index in [9.17, 15) is 22.8 Å². The van der Waals surface area contributed by atoms with E-state index in [-0.39, 0.29) is 30.5 Å². The molecule has 0 saturated carbocycles. The van der Waals surface area contributed by atoms with Gasteiger partial charge in [-0.25, -0.2) is 22.6 Å². The van der Waals surface area contributed by atoms with Gasteiger partial charge in [-0.1, -0.05) is 5.21 Å². The lowest BCUT2D eigenvalue weighted by Crippen LogP contribution is -2.71. The van der Waals surface area contributed by atoms with Crippen molar-refractivity contribution in [2.24, 2.45) is 0 Å². The van der Waals surface area contributed by atoms with Gasteiger partial charge >= 0.3 is 6.09 Å². The molecule has 0 radical (unpaired) electrons. The van der Waals surface area contributed by atoms with Crippen LogP contribution in [-0.2, 0) is 15.1 Å². The standard InChI is InChI=1S/C32H38F3N5O4/c1-30(2,3)43-23-9-7-21(8-10-23)26-17-40(37-36-26)32(18-39(19-32)29(42)44-31(4,5)6)28(41)38-13-11-20(12-14-38)22-15-24(33)27(35)25(34)16-22/h7-10,15-17,20H,11-14,18-19H2,1-6H3. The van der Waals surface area contributed by atoms with E-state index in [4.69, 9.17) is 9.47 Å². The normalized spacial score (nSPS) is 17.3. The van der Waals surface area contributed by atoms with E-state index in [2.05, 4.69) is 10.3 Å². The average molecular weight is 614 g/mol. The number of piperidine rings is 1. The van der Waals surface area contributed by atoms with Crippen LogP contribution in [0, 0.1) is 17.5 Å². The number of benzene rings is 2. The maximum Gasteiger partial charge on any atom is 0.410 e. The number of carbonyl (C=O) groups excluding carboxylic acids is 2. The van der Waals surface area contributed by atoms with Gasteiger partial charge in [-0.05, 0) is 102 Å². The van der Waals surface area contributed by atoms with Gasteiger partial charge < -0.3 is 19.3 Å². The Labute approximate surface area is 254 Å². The zero-order chi connectivity index (χ0) is 32.0. The van der Waals surface area contributed by atoms with Crippen molar-refractivity contribution in [1.29, 1.82) is 0 Å². The van der Waals surface area contributed by atoms with Crippen molar-refractivity contribution in [3.05, 3.63) is 65.6 Å². The van der Waals surface area contributed by atoms with Crippen LogP contribution in [0.2, 0.25) is 0 Å². The summed E-state index contributed by atoms with van der Waals surface area (Å²) >= 11 is 0. The first-order valence-corrected chi connectivity index (χ1v) is 14.7. The fourth-order valence-electron chi connectivity index (χ4n) is 5.59. The largest absolute Gasteiger partial charge is 0.488 e. The van der Waals surface area contributed by atoms with Gasteiger partial charge in [-0.2, -0.15) is 0 Å². The summed E-state index contributed by atoms with van der Waals surface area (Å²) in [5.41, 5.74) is -0.566. The quantitative estimate of drug-likeness (QED) is 0.334. The Morgan fingerprint density at radius 3 is 2.02 bits per heavy atom. The van der Waals surface area contributed by atoms with Gasteiger partial charge in [0.05, 0.1) is 19.3 Å². The summed E-state index contributed by atoms with van der Waals surface area (Å²) in [5.74, 6) is -3.72. The van der Waals surface area contributed by atoms with Crippen molar-refractivity contribution >= 4 is 12.0 Å². The second-order valence-electron chi connectivity index (χ2n) is 13.5. The fourth-order valence-corrected chi connectivity index (χ4v) is 5.59. The zero-order valence-corrected chi connectivity index (χ0v) is 25.9. The van der Waals surface area contributed by atoms with E-state index < -0.39 is 34.7 Å². The second kappa shape index (κ2) is 11.4. The topological polar surface area (TPSA) is 89.8 Å². The van der Waals surface area contributed by atoms with Crippen molar-refractivity contribution in [2.75, 3.05) is 26.2 Å². The molecule has 2 fully saturated rings. The third-order valence-electron chi connectivity index (χ3n) is 7.72. The lowest BCUT2D eigenvalue weighted by atomic mass is 9.85. The van der Waals surface area contributed by atoms with Crippen molar-refractivity contribution in [3.8, 4) is 17.0 Å². The Morgan fingerprint density at radius 1 is 0.886 bits per heavy atom. The van der Waals surface area contributed by atoms with Crippen LogP contribution in [-0.4, -0.2) is 74.2 Å². The molecule has 0 N–H and O–H groups in total. The number of rotatable bonds is 5. The van der Waals surface area contributed by atoms with Crippen molar-refractivity contribution < 1.29 is 32.2 Å². The molecule has 0 spiro atoms. The number of hydrogen-bond acceptors (Lipinski definition) is 6. The number of aromatic nitrogens is 3. The SMILES string of the molecule is CC(C)(C)OC(=O)N1CC(C(=O)N2CCC(c3cc(F)c(F)c(F)c3)CC2)(n2cc(-c3ccc(OC(C)(C)C)cc3)nn2)C1. The summed E-state index contributed by atoms with van der Waals surface area (Å²) < 4.78 is 54.2. The van der Waals surface area contributed by atoms with Gasteiger partial charge in [-0.15, -0.1) is 5.10 Å². The van der Waals surface area contributed by atoms with E-state index in [1.54, 1.807) is 31.9 Å². The molecule has 0 atom stereocenters. The predicted molar refractivity (Wildman–Crippen MR) is 156 cm³/mol. The molecule has 0 unspecified atom stereocenters. The summed E-state index contributed by atoms with van der Waals surface area (Å²) in [7, 11) is 0. The number of amides is 2. The molecule has 2 saturated heterocycles. The third kappa shape index (κ3) is 6.53. The van der Waals surface area contributed by atoms with Crippen molar-refractivity contribution in [2.45, 2.75) is 77.0 Å². The third-order valence-corrected chi connectivity index (χ3v) is 7.72. The number of likely N-dealkylation sites (tertiary alicyclic amines) is 2. The molecule has 44 heavy (non-hydrogen) atoms. The highest BCUT2D eigenvalue weighted by Gasteiger charge is 2.56.